The molecule has 0 atom stereocenters. The molecule has 5 nitrogen and oxygen atoms in total. The number of hydrogen-bond donors (Lipinski definition) is 2. The first-order valence-electron chi connectivity index (χ1n) is 7.12. The fraction of sp³-hybridized carbons (Fsp3) is 0.235. The molecule has 0 saturated heterocycles. The summed E-state index contributed by atoms with van der Waals surface area (Å²) in [5.74, 6) is 0.206. The van der Waals surface area contributed by atoms with Crippen LogP contribution in [0.5, 0.6) is 11.5 Å². The SMILES string of the molecule is COc1cccc(CNCc2ccc(F)cc2)c1OCC(N)=O. The van der Waals surface area contributed by atoms with Crippen molar-refractivity contribution in [2.24, 2.45) is 5.73 Å². The Morgan fingerprint density at radius 2 is 1.91 bits per heavy atom. The number of carbonyl (C=O) groups is 1. The van der Waals surface area contributed by atoms with Crippen molar-refractivity contribution in [3.05, 3.63) is 59.4 Å². The molecule has 0 heterocycles. The molecule has 2 aromatic rings. The molecule has 0 spiro atoms. The predicted molar refractivity (Wildman–Crippen MR) is 84.6 cm³/mol. The van der Waals surface area contributed by atoms with E-state index in [0.29, 0.717) is 24.6 Å². The van der Waals surface area contributed by atoms with E-state index in [1.54, 1.807) is 18.2 Å². The number of nitrogens with one attached hydrogen (secondary N) is 1. The van der Waals surface area contributed by atoms with Gasteiger partial charge in [-0.15, -0.1) is 0 Å². The van der Waals surface area contributed by atoms with Crippen molar-refractivity contribution < 1.29 is 18.7 Å². The molecule has 0 radical (unpaired) electrons. The van der Waals surface area contributed by atoms with Gasteiger partial charge >= 0.3 is 0 Å². The van der Waals surface area contributed by atoms with Crippen molar-refractivity contribution >= 4 is 5.91 Å². The molecule has 0 aliphatic rings. The van der Waals surface area contributed by atoms with Crippen LogP contribution in [-0.4, -0.2) is 19.6 Å². The quantitative estimate of drug-likeness (QED) is 0.780. The highest BCUT2D eigenvalue weighted by Gasteiger charge is 2.11. The zero-order chi connectivity index (χ0) is 16.7. The van der Waals surface area contributed by atoms with E-state index in [-0.39, 0.29) is 12.4 Å². The average Bonchev–Trinajstić information content (AvgIpc) is 2.55. The first-order chi connectivity index (χ1) is 11.1. The highest BCUT2D eigenvalue weighted by Crippen LogP contribution is 2.31. The molecule has 0 aliphatic carbocycles. The first kappa shape index (κ1) is 16.8. The zero-order valence-corrected chi connectivity index (χ0v) is 12.8. The second kappa shape index (κ2) is 8.14. The van der Waals surface area contributed by atoms with E-state index in [1.165, 1.54) is 19.2 Å². The Hall–Kier alpha value is -2.60. The number of methoxy groups -OCH3 is 1. The topological polar surface area (TPSA) is 73.6 Å². The number of halogens is 1. The van der Waals surface area contributed by atoms with E-state index in [4.69, 9.17) is 15.2 Å². The van der Waals surface area contributed by atoms with Crippen LogP contribution in [0.4, 0.5) is 4.39 Å². The number of amides is 1. The molecule has 1 amide bonds. The van der Waals surface area contributed by atoms with Crippen molar-refractivity contribution in [2.45, 2.75) is 13.1 Å². The van der Waals surface area contributed by atoms with E-state index in [2.05, 4.69) is 5.32 Å². The number of rotatable bonds is 8. The molecule has 23 heavy (non-hydrogen) atoms. The van der Waals surface area contributed by atoms with Crippen molar-refractivity contribution in [2.75, 3.05) is 13.7 Å². The van der Waals surface area contributed by atoms with Crippen molar-refractivity contribution in [3.63, 3.8) is 0 Å². The average molecular weight is 318 g/mol. The fourth-order valence-electron chi connectivity index (χ4n) is 2.11. The summed E-state index contributed by atoms with van der Waals surface area (Å²) < 4.78 is 23.6. The summed E-state index contributed by atoms with van der Waals surface area (Å²) in [4.78, 5) is 10.9. The molecule has 0 unspecified atom stereocenters. The van der Waals surface area contributed by atoms with E-state index in [9.17, 15) is 9.18 Å². The largest absolute Gasteiger partial charge is 0.493 e. The monoisotopic (exact) mass is 318 g/mol. The van der Waals surface area contributed by atoms with Crippen LogP contribution >= 0.6 is 0 Å². The molecular weight excluding hydrogens is 299 g/mol. The van der Waals surface area contributed by atoms with Gasteiger partial charge in [-0.1, -0.05) is 24.3 Å². The van der Waals surface area contributed by atoms with Crippen LogP contribution in [0, 0.1) is 5.82 Å². The molecule has 2 aromatic carbocycles. The van der Waals surface area contributed by atoms with E-state index in [1.807, 2.05) is 12.1 Å². The number of para-hydroxylation sites is 1. The van der Waals surface area contributed by atoms with Gasteiger partial charge in [-0.2, -0.15) is 0 Å². The second-order valence-electron chi connectivity index (χ2n) is 4.93. The molecule has 2 rings (SSSR count). The van der Waals surface area contributed by atoms with Crippen LogP contribution in [0.3, 0.4) is 0 Å². The summed E-state index contributed by atoms with van der Waals surface area (Å²) in [5, 5.41) is 3.24. The Kier molecular flexibility index (Phi) is 5.94. The number of hydrogen-bond acceptors (Lipinski definition) is 4. The third-order valence-electron chi connectivity index (χ3n) is 3.20. The summed E-state index contributed by atoms with van der Waals surface area (Å²) in [7, 11) is 1.53. The molecule has 3 N–H and O–H groups in total. The van der Waals surface area contributed by atoms with Crippen LogP contribution in [0.15, 0.2) is 42.5 Å². The lowest BCUT2D eigenvalue weighted by atomic mass is 10.1. The van der Waals surface area contributed by atoms with Crippen molar-refractivity contribution in [1.82, 2.24) is 5.32 Å². The maximum Gasteiger partial charge on any atom is 0.255 e. The minimum Gasteiger partial charge on any atom is -0.493 e. The van der Waals surface area contributed by atoms with Crippen LogP contribution in [-0.2, 0) is 17.9 Å². The molecule has 122 valence electrons. The third kappa shape index (κ3) is 4.96. The van der Waals surface area contributed by atoms with Crippen LogP contribution in [0.1, 0.15) is 11.1 Å². The summed E-state index contributed by atoms with van der Waals surface area (Å²) >= 11 is 0. The summed E-state index contributed by atoms with van der Waals surface area (Å²) in [6.45, 7) is 0.862. The standard InChI is InChI=1S/C17H19FN2O3/c1-22-15-4-2-3-13(17(15)23-11-16(19)21)10-20-9-12-5-7-14(18)8-6-12/h2-8,20H,9-11H2,1H3,(H2,19,21). The molecule has 0 saturated carbocycles. The summed E-state index contributed by atoms with van der Waals surface area (Å²) in [6.07, 6.45) is 0. The van der Waals surface area contributed by atoms with Gasteiger partial charge in [-0.3, -0.25) is 4.79 Å². The van der Waals surface area contributed by atoms with Gasteiger partial charge in [0.25, 0.3) is 5.91 Å². The van der Waals surface area contributed by atoms with Gasteiger partial charge in [0.2, 0.25) is 0 Å². The Balaban J connectivity index is 2.03. The molecular formula is C17H19FN2O3. The van der Waals surface area contributed by atoms with Gasteiger partial charge in [0.05, 0.1) is 7.11 Å². The van der Waals surface area contributed by atoms with E-state index < -0.39 is 5.91 Å². The summed E-state index contributed by atoms with van der Waals surface area (Å²) in [6, 6.07) is 11.7. The van der Waals surface area contributed by atoms with Crippen LogP contribution in [0.25, 0.3) is 0 Å². The number of benzene rings is 2. The third-order valence-corrected chi connectivity index (χ3v) is 3.20. The Morgan fingerprint density at radius 3 is 2.57 bits per heavy atom. The smallest absolute Gasteiger partial charge is 0.255 e. The van der Waals surface area contributed by atoms with Gasteiger partial charge in [-0.05, 0) is 23.8 Å². The maximum atomic E-state index is 12.9. The highest BCUT2D eigenvalue weighted by molar-refractivity contribution is 5.75. The fourth-order valence-corrected chi connectivity index (χ4v) is 2.11. The van der Waals surface area contributed by atoms with Gasteiger partial charge in [-0.25, -0.2) is 4.39 Å². The normalized spacial score (nSPS) is 10.3. The van der Waals surface area contributed by atoms with Gasteiger partial charge in [0.1, 0.15) is 5.82 Å². The van der Waals surface area contributed by atoms with E-state index >= 15 is 0 Å². The van der Waals surface area contributed by atoms with Gasteiger partial charge in [0.15, 0.2) is 18.1 Å². The molecule has 0 bridgehead atoms. The summed E-state index contributed by atoms with van der Waals surface area (Å²) in [5.41, 5.74) is 6.93. The van der Waals surface area contributed by atoms with Crippen molar-refractivity contribution in [1.29, 1.82) is 0 Å². The molecule has 0 fully saturated rings. The second-order valence-corrected chi connectivity index (χ2v) is 4.93. The Labute approximate surface area is 134 Å². The molecule has 0 aliphatic heterocycles. The van der Waals surface area contributed by atoms with Crippen LogP contribution < -0.4 is 20.5 Å². The van der Waals surface area contributed by atoms with Crippen molar-refractivity contribution in [3.8, 4) is 11.5 Å². The van der Waals surface area contributed by atoms with Gasteiger partial charge in [0, 0.05) is 18.7 Å². The number of carbonyl (C=O) groups excluding carboxylic acids is 1. The lowest BCUT2D eigenvalue weighted by Crippen LogP contribution is -2.21. The number of ether oxygens (including phenoxy) is 2. The first-order valence-corrected chi connectivity index (χ1v) is 7.12. The Bertz CT molecular complexity index is 659. The lowest BCUT2D eigenvalue weighted by molar-refractivity contribution is -0.119. The highest BCUT2D eigenvalue weighted by atomic mass is 19.1. The van der Waals surface area contributed by atoms with E-state index in [0.717, 1.165) is 11.1 Å². The molecule has 6 heteroatoms. The Morgan fingerprint density at radius 1 is 1.17 bits per heavy atom. The van der Waals surface area contributed by atoms with Crippen LogP contribution in [0.2, 0.25) is 0 Å². The molecule has 0 aromatic heterocycles. The minimum atomic E-state index is -0.555. The predicted octanol–water partition coefficient (Wildman–Crippen LogP) is 1.99. The number of primary amides is 1. The lowest BCUT2D eigenvalue weighted by Gasteiger charge is -2.14. The maximum absolute atomic E-state index is 12.9. The van der Waals surface area contributed by atoms with Gasteiger partial charge < -0.3 is 20.5 Å². The number of nitrogens with two attached hydrogens (primary N) is 1. The zero-order valence-electron chi connectivity index (χ0n) is 12.8. The minimum absolute atomic E-state index is 0.217.